The molecule has 2 rings (SSSR count). The van der Waals surface area contributed by atoms with Crippen molar-refractivity contribution in [1.82, 2.24) is 0 Å². The SMILES string of the molecule is COc1cc(/C=C(\C#N)C(=O)c2ccccc2F)ccc1OC(F)F. The van der Waals surface area contributed by atoms with E-state index in [9.17, 15) is 23.2 Å². The fourth-order valence-corrected chi connectivity index (χ4v) is 2.07. The minimum atomic E-state index is -3.02. The summed E-state index contributed by atoms with van der Waals surface area (Å²) in [6.07, 6.45) is 1.21. The number of hydrogen-bond donors (Lipinski definition) is 0. The Morgan fingerprint density at radius 2 is 1.92 bits per heavy atom. The van der Waals surface area contributed by atoms with Crippen molar-refractivity contribution in [2.24, 2.45) is 0 Å². The summed E-state index contributed by atoms with van der Waals surface area (Å²) in [7, 11) is 1.26. The number of Topliss-reactive ketones (excluding diaryl/α,β-unsaturated/α-hetero) is 1. The van der Waals surface area contributed by atoms with Gasteiger partial charge in [0.2, 0.25) is 5.78 Å². The molecule has 4 nitrogen and oxygen atoms in total. The zero-order valence-electron chi connectivity index (χ0n) is 13.0. The summed E-state index contributed by atoms with van der Waals surface area (Å²) in [5.74, 6) is -1.71. The molecule has 0 aliphatic rings. The van der Waals surface area contributed by atoms with Crippen molar-refractivity contribution < 1.29 is 27.4 Å². The van der Waals surface area contributed by atoms with Gasteiger partial charge in [-0.15, -0.1) is 0 Å². The lowest BCUT2D eigenvalue weighted by molar-refractivity contribution is -0.0512. The van der Waals surface area contributed by atoms with Gasteiger partial charge in [0.15, 0.2) is 11.5 Å². The summed E-state index contributed by atoms with van der Waals surface area (Å²) in [4.78, 5) is 12.3. The number of halogens is 3. The van der Waals surface area contributed by atoms with E-state index in [1.54, 1.807) is 6.07 Å². The summed E-state index contributed by atoms with van der Waals surface area (Å²) in [6, 6.07) is 10.9. The van der Waals surface area contributed by atoms with E-state index < -0.39 is 18.2 Å². The highest BCUT2D eigenvalue weighted by molar-refractivity contribution is 6.14. The Labute approximate surface area is 141 Å². The van der Waals surface area contributed by atoms with Gasteiger partial charge in [0.05, 0.1) is 12.7 Å². The second-order valence-electron chi connectivity index (χ2n) is 4.77. The van der Waals surface area contributed by atoms with Gasteiger partial charge in [-0.25, -0.2) is 4.39 Å². The Hall–Kier alpha value is -3.27. The number of allylic oxidation sites excluding steroid dienone is 1. The van der Waals surface area contributed by atoms with Crippen LogP contribution in [0.5, 0.6) is 11.5 Å². The molecule has 0 saturated heterocycles. The van der Waals surface area contributed by atoms with Gasteiger partial charge in [-0.1, -0.05) is 18.2 Å². The number of alkyl halides is 2. The maximum absolute atomic E-state index is 13.7. The highest BCUT2D eigenvalue weighted by atomic mass is 19.3. The molecule has 128 valence electrons. The molecule has 7 heteroatoms. The minimum absolute atomic E-state index is 0.00433. The third kappa shape index (κ3) is 4.38. The second kappa shape index (κ2) is 8.02. The van der Waals surface area contributed by atoms with Crippen LogP contribution in [0.15, 0.2) is 48.0 Å². The van der Waals surface area contributed by atoms with Crippen LogP contribution in [0.3, 0.4) is 0 Å². The first-order valence-electron chi connectivity index (χ1n) is 7.00. The zero-order valence-corrected chi connectivity index (χ0v) is 13.0. The Morgan fingerprint density at radius 1 is 1.20 bits per heavy atom. The summed E-state index contributed by atoms with van der Waals surface area (Å²) >= 11 is 0. The minimum Gasteiger partial charge on any atom is -0.493 e. The highest BCUT2D eigenvalue weighted by Gasteiger charge is 2.17. The van der Waals surface area contributed by atoms with Gasteiger partial charge in [0.1, 0.15) is 17.5 Å². The van der Waals surface area contributed by atoms with Crippen molar-refractivity contribution in [2.45, 2.75) is 6.61 Å². The smallest absolute Gasteiger partial charge is 0.387 e. The zero-order chi connectivity index (χ0) is 18.4. The van der Waals surface area contributed by atoms with Crippen molar-refractivity contribution in [2.75, 3.05) is 7.11 Å². The quantitative estimate of drug-likeness (QED) is 0.446. The number of methoxy groups -OCH3 is 1. The molecule has 0 radical (unpaired) electrons. The van der Waals surface area contributed by atoms with E-state index in [-0.39, 0.29) is 22.6 Å². The normalized spacial score (nSPS) is 11.1. The molecule has 0 fully saturated rings. The summed E-state index contributed by atoms with van der Waals surface area (Å²) in [5, 5.41) is 9.19. The Balaban J connectivity index is 2.38. The molecule has 0 atom stereocenters. The monoisotopic (exact) mass is 347 g/mol. The average Bonchev–Trinajstić information content (AvgIpc) is 2.60. The van der Waals surface area contributed by atoms with Crippen molar-refractivity contribution in [3.8, 4) is 17.6 Å². The molecule has 0 spiro atoms. The van der Waals surface area contributed by atoms with Crippen LogP contribution in [0.2, 0.25) is 0 Å². The predicted octanol–water partition coefficient (Wildman–Crippen LogP) is 4.23. The first-order chi connectivity index (χ1) is 12.0. The topological polar surface area (TPSA) is 59.3 Å². The molecule has 0 heterocycles. The van der Waals surface area contributed by atoms with Gasteiger partial charge in [-0.2, -0.15) is 14.0 Å². The molecule has 0 unspecified atom stereocenters. The van der Waals surface area contributed by atoms with E-state index >= 15 is 0 Å². The molecular weight excluding hydrogens is 335 g/mol. The van der Waals surface area contributed by atoms with Crippen LogP contribution in [0, 0.1) is 17.1 Å². The number of rotatable bonds is 6. The molecule has 0 aromatic heterocycles. The molecule has 0 bridgehead atoms. The number of hydrogen-bond acceptors (Lipinski definition) is 4. The van der Waals surface area contributed by atoms with E-state index in [2.05, 4.69) is 4.74 Å². The number of benzene rings is 2. The number of ether oxygens (including phenoxy) is 2. The van der Waals surface area contributed by atoms with Crippen molar-refractivity contribution >= 4 is 11.9 Å². The van der Waals surface area contributed by atoms with Crippen LogP contribution in [0.4, 0.5) is 13.2 Å². The van der Waals surface area contributed by atoms with E-state index in [1.807, 2.05) is 0 Å². The van der Waals surface area contributed by atoms with Crippen molar-refractivity contribution in [3.63, 3.8) is 0 Å². The average molecular weight is 347 g/mol. The van der Waals surface area contributed by atoms with Crippen LogP contribution in [0.25, 0.3) is 6.08 Å². The molecule has 0 aliphatic heterocycles. The molecule has 2 aromatic carbocycles. The lowest BCUT2D eigenvalue weighted by atomic mass is 10.0. The lowest BCUT2D eigenvalue weighted by Gasteiger charge is -2.10. The van der Waals surface area contributed by atoms with E-state index in [4.69, 9.17) is 4.74 Å². The Kier molecular flexibility index (Phi) is 5.79. The third-order valence-corrected chi connectivity index (χ3v) is 3.20. The standard InChI is InChI=1S/C18H12F3NO3/c1-24-16-9-11(6-7-15(16)25-18(20)21)8-12(10-22)17(23)13-4-2-3-5-14(13)19/h2-9,18H,1H3/b12-8+. The van der Waals surface area contributed by atoms with Gasteiger partial charge in [0.25, 0.3) is 0 Å². The highest BCUT2D eigenvalue weighted by Crippen LogP contribution is 2.30. The van der Waals surface area contributed by atoms with Gasteiger partial charge >= 0.3 is 6.61 Å². The number of carbonyl (C=O) groups is 1. The molecule has 0 N–H and O–H groups in total. The maximum Gasteiger partial charge on any atom is 0.387 e. The van der Waals surface area contributed by atoms with Crippen LogP contribution >= 0.6 is 0 Å². The molecule has 25 heavy (non-hydrogen) atoms. The molecular formula is C18H12F3NO3. The predicted molar refractivity (Wildman–Crippen MR) is 83.9 cm³/mol. The van der Waals surface area contributed by atoms with E-state index in [0.29, 0.717) is 5.56 Å². The first kappa shape index (κ1) is 18.1. The number of nitrogens with zero attached hydrogens (tertiary/aromatic N) is 1. The van der Waals surface area contributed by atoms with Gasteiger partial charge in [0, 0.05) is 0 Å². The van der Waals surface area contributed by atoms with Crippen LogP contribution in [-0.2, 0) is 0 Å². The van der Waals surface area contributed by atoms with Gasteiger partial charge in [-0.05, 0) is 35.9 Å². The van der Waals surface area contributed by atoms with E-state index in [1.165, 1.54) is 49.6 Å². The number of ketones is 1. The van der Waals surface area contributed by atoms with Crippen molar-refractivity contribution in [1.29, 1.82) is 5.26 Å². The molecule has 2 aromatic rings. The summed E-state index contributed by atoms with van der Waals surface area (Å²) in [6.45, 7) is -3.02. The Morgan fingerprint density at radius 3 is 2.52 bits per heavy atom. The first-order valence-corrected chi connectivity index (χ1v) is 7.00. The largest absolute Gasteiger partial charge is 0.493 e. The summed E-state index contributed by atoms with van der Waals surface area (Å²) < 4.78 is 47.6. The van der Waals surface area contributed by atoms with E-state index in [0.717, 1.165) is 6.07 Å². The number of nitriles is 1. The molecule has 0 saturated carbocycles. The third-order valence-electron chi connectivity index (χ3n) is 3.20. The molecule has 0 aliphatic carbocycles. The lowest BCUT2D eigenvalue weighted by Crippen LogP contribution is -2.05. The molecule has 0 amide bonds. The van der Waals surface area contributed by atoms with Crippen LogP contribution in [-0.4, -0.2) is 19.5 Å². The van der Waals surface area contributed by atoms with Crippen molar-refractivity contribution in [3.05, 3.63) is 65.0 Å². The van der Waals surface area contributed by atoms with Crippen LogP contribution < -0.4 is 9.47 Å². The van der Waals surface area contributed by atoms with Gasteiger partial charge < -0.3 is 9.47 Å². The van der Waals surface area contributed by atoms with Gasteiger partial charge in [-0.3, -0.25) is 4.79 Å². The fraction of sp³-hybridized carbons (Fsp3) is 0.111. The fourth-order valence-electron chi connectivity index (χ4n) is 2.07. The summed E-state index contributed by atoms with van der Waals surface area (Å²) in [5.41, 5.74) is -0.214. The Bertz CT molecular complexity index is 857. The van der Waals surface area contributed by atoms with Crippen LogP contribution in [0.1, 0.15) is 15.9 Å². The maximum atomic E-state index is 13.7. The number of carbonyl (C=O) groups excluding carboxylic acids is 1. The second-order valence-corrected chi connectivity index (χ2v) is 4.77.